The number of halogens is 2. The molecule has 2 nitrogen and oxygen atoms in total. The molecule has 0 radical (unpaired) electrons. The second kappa shape index (κ2) is 9.60. The van der Waals surface area contributed by atoms with Crippen LogP contribution >= 0.6 is 23.2 Å². The predicted molar refractivity (Wildman–Crippen MR) is 91.2 cm³/mol. The maximum Gasteiger partial charge on any atom is 0.163 e. The Morgan fingerprint density at radius 2 is 1.43 bits per heavy atom. The van der Waals surface area contributed by atoms with Gasteiger partial charge in [0.15, 0.2) is 5.79 Å². The van der Waals surface area contributed by atoms with E-state index < -0.39 is 16.2 Å². The number of hydrogen-bond acceptors (Lipinski definition) is 2. The highest BCUT2D eigenvalue weighted by atomic mass is 35.5. The summed E-state index contributed by atoms with van der Waals surface area (Å²) < 4.78 is 11.6. The fourth-order valence-electron chi connectivity index (χ4n) is 2.92. The molecular weight excluding hydrogens is 307 g/mol. The summed E-state index contributed by atoms with van der Waals surface area (Å²) in [5.74, 6) is -0.568. The Morgan fingerprint density at radius 1 is 0.905 bits per heavy atom. The van der Waals surface area contributed by atoms with Crippen LogP contribution < -0.4 is 0 Å². The van der Waals surface area contributed by atoms with E-state index in [0.29, 0.717) is 6.61 Å². The van der Waals surface area contributed by atoms with Gasteiger partial charge in [-0.2, -0.15) is 0 Å². The minimum Gasteiger partial charge on any atom is -0.347 e. The highest BCUT2D eigenvalue weighted by Crippen LogP contribution is 2.40. The van der Waals surface area contributed by atoms with Crippen molar-refractivity contribution in [2.24, 2.45) is 0 Å². The van der Waals surface area contributed by atoms with Gasteiger partial charge in [-0.3, -0.25) is 0 Å². The van der Waals surface area contributed by atoms with Crippen molar-refractivity contribution < 1.29 is 9.47 Å². The molecule has 0 aromatic heterocycles. The van der Waals surface area contributed by atoms with Crippen molar-refractivity contribution in [3.63, 3.8) is 0 Å². The lowest BCUT2D eigenvalue weighted by molar-refractivity contribution is -0.159. The normalized spacial score (nSPS) is 24.9. The van der Waals surface area contributed by atoms with Crippen LogP contribution in [0, 0.1) is 0 Å². The third-order valence-corrected chi connectivity index (χ3v) is 5.01. The molecule has 1 atom stereocenters. The van der Waals surface area contributed by atoms with Crippen LogP contribution in [-0.2, 0) is 9.47 Å². The molecule has 0 unspecified atom stereocenters. The topological polar surface area (TPSA) is 18.5 Å². The highest BCUT2D eigenvalue weighted by Gasteiger charge is 2.49. The van der Waals surface area contributed by atoms with Gasteiger partial charge in [0.25, 0.3) is 0 Å². The van der Waals surface area contributed by atoms with E-state index in [4.69, 9.17) is 32.7 Å². The predicted octanol–water partition coefficient (Wildman–Crippen LogP) is 6.23. The number of unbranched alkanes of at least 4 members (excludes halogenated alkanes) is 8. The van der Waals surface area contributed by atoms with E-state index in [0.717, 1.165) is 12.8 Å². The number of hydrogen-bond donors (Lipinski definition) is 0. The van der Waals surface area contributed by atoms with E-state index in [-0.39, 0.29) is 0 Å². The summed E-state index contributed by atoms with van der Waals surface area (Å²) in [5.41, 5.74) is -0.520. The zero-order valence-electron chi connectivity index (χ0n) is 13.9. The van der Waals surface area contributed by atoms with Crippen LogP contribution in [0.5, 0.6) is 0 Å². The van der Waals surface area contributed by atoms with Crippen LogP contribution in [0.25, 0.3) is 0 Å². The lowest BCUT2D eigenvalue weighted by atomic mass is 9.97. The van der Waals surface area contributed by atoms with E-state index in [9.17, 15) is 0 Å². The Morgan fingerprint density at radius 3 is 1.86 bits per heavy atom. The van der Waals surface area contributed by atoms with Gasteiger partial charge in [-0.05, 0) is 20.3 Å². The maximum absolute atomic E-state index is 6.14. The van der Waals surface area contributed by atoms with Crippen molar-refractivity contribution in [2.75, 3.05) is 6.61 Å². The second-order valence-corrected chi connectivity index (χ2v) is 7.83. The van der Waals surface area contributed by atoms with E-state index in [1.54, 1.807) is 0 Å². The van der Waals surface area contributed by atoms with Gasteiger partial charge in [-0.25, -0.2) is 0 Å². The third kappa shape index (κ3) is 7.07. The Hall–Kier alpha value is 0.500. The van der Waals surface area contributed by atoms with Gasteiger partial charge in [0.1, 0.15) is 10.4 Å². The molecule has 0 bridgehead atoms. The number of rotatable bonds is 11. The van der Waals surface area contributed by atoms with Gasteiger partial charge < -0.3 is 9.47 Å². The van der Waals surface area contributed by atoms with Gasteiger partial charge in [0.2, 0.25) is 0 Å². The molecule has 0 spiro atoms. The van der Waals surface area contributed by atoms with Gasteiger partial charge in [0.05, 0.1) is 6.61 Å². The quantitative estimate of drug-likeness (QED) is 0.328. The van der Waals surface area contributed by atoms with E-state index in [1.807, 2.05) is 13.8 Å². The molecule has 1 aliphatic heterocycles. The van der Waals surface area contributed by atoms with Crippen molar-refractivity contribution >= 4 is 23.2 Å². The molecule has 0 N–H and O–H groups in total. The van der Waals surface area contributed by atoms with Crippen LogP contribution in [0.4, 0.5) is 0 Å². The largest absolute Gasteiger partial charge is 0.347 e. The molecule has 1 rings (SSSR count). The zero-order chi connectivity index (χ0) is 15.8. The molecular formula is C17H32Cl2O2. The summed E-state index contributed by atoms with van der Waals surface area (Å²) in [7, 11) is 0. The third-order valence-electron chi connectivity index (χ3n) is 4.21. The SMILES string of the molecule is CCCCCCCCCCC[C@@]1(C(Cl)Cl)COC(C)(C)O1. The van der Waals surface area contributed by atoms with E-state index in [2.05, 4.69) is 6.92 Å². The molecule has 0 saturated carbocycles. The Bertz CT molecular complexity index is 282. The van der Waals surface area contributed by atoms with Crippen LogP contribution in [0.2, 0.25) is 0 Å². The average molecular weight is 339 g/mol. The molecule has 1 aliphatic rings. The Balaban J connectivity index is 2.13. The molecule has 4 heteroatoms. The first-order chi connectivity index (χ1) is 9.92. The minimum absolute atomic E-state index is 0.495. The first-order valence-corrected chi connectivity index (χ1v) is 9.41. The standard InChI is InChI=1S/C17H32Cl2O2/c1-4-5-6-7-8-9-10-11-12-13-17(15(18)19)14-20-16(2,3)21-17/h15H,4-14H2,1-3H3/t17-/m0/s1. The molecule has 0 amide bonds. The lowest BCUT2D eigenvalue weighted by Gasteiger charge is -2.30. The molecule has 0 aromatic carbocycles. The van der Waals surface area contributed by atoms with Crippen LogP contribution in [0.15, 0.2) is 0 Å². The molecule has 1 saturated heterocycles. The average Bonchev–Trinajstić information content (AvgIpc) is 2.74. The zero-order valence-corrected chi connectivity index (χ0v) is 15.4. The first-order valence-electron chi connectivity index (χ1n) is 8.54. The minimum atomic E-state index is -0.568. The van der Waals surface area contributed by atoms with Crippen molar-refractivity contribution in [1.29, 1.82) is 0 Å². The van der Waals surface area contributed by atoms with Gasteiger partial charge in [-0.15, -0.1) is 23.2 Å². The molecule has 126 valence electrons. The Kier molecular flexibility index (Phi) is 8.93. The lowest BCUT2D eigenvalue weighted by Crippen LogP contribution is -2.40. The molecule has 0 aromatic rings. The van der Waals surface area contributed by atoms with Crippen LogP contribution in [0.1, 0.15) is 85.0 Å². The first kappa shape index (κ1) is 19.5. The van der Waals surface area contributed by atoms with Gasteiger partial charge in [-0.1, -0.05) is 64.7 Å². The van der Waals surface area contributed by atoms with Crippen molar-refractivity contribution in [2.45, 2.75) is 101 Å². The van der Waals surface area contributed by atoms with Crippen LogP contribution in [0.3, 0.4) is 0 Å². The smallest absolute Gasteiger partial charge is 0.163 e. The van der Waals surface area contributed by atoms with Crippen molar-refractivity contribution in [3.05, 3.63) is 0 Å². The van der Waals surface area contributed by atoms with Gasteiger partial charge in [0, 0.05) is 0 Å². The van der Waals surface area contributed by atoms with E-state index in [1.165, 1.54) is 51.4 Å². The maximum atomic E-state index is 6.14. The summed E-state index contributed by atoms with van der Waals surface area (Å²) >= 11 is 12.3. The highest BCUT2D eigenvalue weighted by molar-refractivity contribution is 6.45. The second-order valence-electron chi connectivity index (χ2n) is 6.73. The number of alkyl halides is 2. The molecule has 0 aliphatic carbocycles. The summed E-state index contributed by atoms with van der Waals surface area (Å²) in [6.07, 6.45) is 12.7. The van der Waals surface area contributed by atoms with E-state index >= 15 is 0 Å². The number of ether oxygens (including phenoxy) is 2. The summed E-state index contributed by atoms with van der Waals surface area (Å²) in [6, 6.07) is 0. The summed E-state index contributed by atoms with van der Waals surface area (Å²) in [6.45, 7) is 6.59. The van der Waals surface area contributed by atoms with Gasteiger partial charge >= 0.3 is 0 Å². The van der Waals surface area contributed by atoms with Crippen molar-refractivity contribution in [3.8, 4) is 0 Å². The van der Waals surface area contributed by atoms with Crippen molar-refractivity contribution in [1.82, 2.24) is 0 Å². The fourth-order valence-corrected chi connectivity index (χ4v) is 3.35. The Labute approximate surface area is 140 Å². The fraction of sp³-hybridized carbons (Fsp3) is 1.00. The molecule has 21 heavy (non-hydrogen) atoms. The molecule has 1 heterocycles. The summed E-state index contributed by atoms with van der Waals surface area (Å²) in [5, 5.41) is 0. The summed E-state index contributed by atoms with van der Waals surface area (Å²) in [4.78, 5) is -0.534. The molecule has 1 fully saturated rings. The van der Waals surface area contributed by atoms with Crippen LogP contribution in [-0.4, -0.2) is 22.8 Å². The monoisotopic (exact) mass is 338 g/mol.